The Morgan fingerprint density at radius 1 is 1.15 bits per heavy atom. The van der Waals surface area contributed by atoms with E-state index >= 15 is 0 Å². The summed E-state index contributed by atoms with van der Waals surface area (Å²) < 4.78 is 39.2. The van der Waals surface area contributed by atoms with Crippen molar-refractivity contribution < 1.29 is 18.0 Å². The number of carbonyl (C=O) groups excluding carboxylic acids is 1. The summed E-state index contributed by atoms with van der Waals surface area (Å²) in [5, 5.41) is 5.00. The zero-order valence-electron chi connectivity index (χ0n) is 13.4. The normalized spacial score (nSPS) is 12.4. The average Bonchev–Trinajstić information content (AvgIpc) is 2.96. The molecule has 0 bridgehead atoms. The molecule has 8 heteroatoms. The molecule has 0 atom stereocenters. The van der Waals surface area contributed by atoms with Crippen LogP contribution in [0.4, 0.5) is 13.2 Å². The molecule has 3 nitrogen and oxygen atoms in total. The lowest BCUT2D eigenvalue weighted by Gasteiger charge is -2.08. The smallest absolute Gasteiger partial charge is 0.266 e. The van der Waals surface area contributed by atoms with Gasteiger partial charge in [0.2, 0.25) is 0 Å². The minimum atomic E-state index is -4.44. The molecule has 3 rings (SSSR count). The second-order valence-electron chi connectivity index (χ2n) is 5.46. The van der Waals surface area contributed by atoms with Crippen molar-refractivity contribution in [3.63, 3.8) is 0 Å². The Bertz CT molecular complexity index is 1010. The number of thiophene rings is 1. The van der Waals surface area contributed by atoms with Gasteiger partial charge < -0.3 is 0 Å². The van der Waals surface area contributed by atoms with Crippen molar-refractivity contribution in [1.29, 1.82) is 0 Å². The molecule has 1 N–H and O–H groups in total. The molecule has 1 heterocycles. The van der Waals surface area contributed by atoms with Crippen molar-refractivity contribution >= 4 is 44.6 Å². The molecular formula is C18H12ClF3N2OS. The fourth-order valence-corrected chi connectivity index (χ4v) is 3.74. The van der Waals surface area contributed by atoms with E-state index in [0.29, 0.717) is 9.90 Å². The van der Waals surface area contributed by atoms with Crippen LogP contribution in [0.25, 0.3) is 10.1 Å². The van der Waals surface area contributed by atoms with Crippen LogP contribution in [0.15, 0.2) is 53.6 Å². The minimum absolute atomic E-state index is 0.252. The van der Waals surface area contributed by atoms with E-state index in [1.54, 1.807) is 0 Å². The van der Waals surface area contributed by atoms with Gasteiger partial charge >= 0.3 is 6.18 Å². The summed E-state index contributed by atoms with van der Waals surface area (Å²) in [5.74, 6) is -0.512. The summed E-state index contributed by atoms with van der Waals surface area (Å²) in [5.41, 5.74) is 2.09. The average molecular weight is 397 g/mol. The second-order valence-corrected chi connectivity index (χ2v) is 6.89. The van der Waals surface area contributed by atoms with Gasteiger partial charge in [-0.3, -0.25) is 4.79 Å². The highest BCUT2D eigenvalue weighted by Crippen LogP contribution is 2.35. The number of hydrogen-bond acceptors (Lipinski definition) is 3. The Balaban J connectivity index is 1.82. The maximum absolute atomic E-state index is 12.8. The third-order valence-corrected chi connectivity index (χ3v) is 5.35. The predicted octanol–water partition coefficient (Wildman–Crippen LogP) is 5.73. The molecule has 0 radical (unpaired) electrons. The van der Waals surface area contributed by atoms with E-state index < -0.39 is 17.6 Å². The molecule has 1 amide bonds. The van der Waals surface area contributed by atoms with Gasteiger partial charge in [0.05, 0.1) is 16.3 Å². The second kappa shape index (κ2) is 7.09. The molecule has 26 heavy (non-hydrogen) atoms. The summed E-state index contributed by atoms with van der Waals surface area (Å²) in [7, 11) is 0. The first-order valence-electron chi connectivity index (χ1n) is 7.46. The Morgan fingerprint density at radius 2 is 1.88 bits per heavy atom. The molecule has 134 valence electrons. The summed E-state index contributed by atoms with van der Waals surface area (Å²) in [6.45, 7) is 1.52. The van der Waals surface area contributed by atoms with E-state index in [1.807, 2.05) is 24.3 Å². The molecule has 0 saturated heterocycles. The van der Waals surface area contributed by atoms with E-state index in [4.69, 9.17) is 11.6 Å². The highest BCUT2D eigenvalue weighted by molar-refractivity contribution is 7.21. The van der Waals surface area contributed by atoms with Gasteiger partial charge in [0, 0.05) is 10.1 Å². The number of amides is 1. The van der Waals surface area contributed by atoms with Crippen LogP contribution < -0.4 is 5.43 Å². The number of halogens is 4. The van der Waals surface area contributed by atoms with Crippen molar-refractivity contribution in [3.8, 4) is 0 Å². The maximum Gasteiger partial charge on any atom is 0.416 e. The van der Waals surface area contributed by atoms with E-state index in [1.165, 1.54) is 30.4 Å². The molecule has 1 aromatic heterocycles. The molecule has 0 spiro atoms. The highest BCUT2D eigenvalue weighted by atomic mass is 35.5. The number of nitrogens with zero attached hydrogens (tertiary/aromatic N) is 1. The summed E-state index contributed by atoms with van der Waals surface area (Å²) in [6.07, 6.45) is -4.44. The number of nitrogens with one attached hydrogen (secondary N) is 1. The van der Waals surface area contributed by atoms with Gasteiger partial charge in [-0.15, -0.1) is 11.3 Å². The van der Waals surface area contributed by atoms with Crippen molar-refractivity contribution in [2.75, 3.05) is 0 Å². The van der Waals surface area contributed by atoms with Crippen LogP contribution in [0.5, 0.6) is 0 Å². The number of rotatable bonds is 3. The van der Waals surface area contributed by atoms with Crippen LogP contribution in [0, 0.1) is 0 Å². The molecule has 2 aromatic carbocycles. The lowest BCUT2D eigenvalue weighted by atomic mass is 10.1. The lowest BCUT2D eigenvalue weighted by molar-refractivity contribution is -0.137. The van der Waals surface area contributed by atoms with Gasteiger partial charge in [0.1, 0.15) is 4.88 Å². The van der Waals surface area contributed by atoms with Crippen LogP contribution in [-0.4, -0.2) is 11.6 Å². The summed E-state index contributed by atoms with van der Waals surface area (Å²) >= 11 is 7.45. The van der Waals surface area contributed by atoms with Crippen LogP contribution in [0.3, 0.4) is 0 Å². The molecule has 3 aromatic rings. The first-order valence-corrected chi connectivity index (χ1v) is 8.66. The standard InChI is InChI=1S/C18H12ClF3N2OS/c1-10(11-5-4-6-12(9-11)18(20,21)22)23-24-17(25)16-15(19)13-7-2-3-8-14(13)26-16/h2-9H,1H3,(H,24,25). The van der Waals surface area contributed by atoms with Gasteiger partial charge in [-0.1, -0.05) is 41.9 Å². The molecule has 0 unspecified atom stereocenters. The van der Waals surface area contributed by atoms with Crippen molar-refractivity contribution in [1.82, 2.24) is 5.43 Å². The Morgan fingerprint density at radius 3 is 2.58 bits per heavy atom. The SMILES string of the molecule is CC(=NNC(=O)c1sc2ccccc2c1Cl)c1cccc(C(F)(F)F)c1. The predicted molar refractivity (Wildman–Crippen MR) is 98.0 cm³/mol. The zero-order valence-corrected chi connectivity index (χ0v) is 15.0. The zero-order chi connectivity index (χ0) is 18.9. The van der Waals surface area contributed by atoms with Crippen LogP contribution >= 0.6 is 22.9 Å². The highest BCUT2D eigenvalue weighted by Gasteiger charge is 2.30. The first-order chi connectivity index (χ1) is 12.3. The quantitative estimate of drug-likeness (QED) is 0.446. The van der Waals surface area contributed by atoms with Crippen LogP contribution in [0.2, 0.25) is 5.02 Å². The summed E-state index contributed by atoms with van der Waals surface area (Å²) in [4.78, 5) is 12.6. The molecule has 0 aliphatic heterocycles. The van der Waals surface area contributed by atoms with Crippen molar-refractivity contribution in [2.45, 2.75) is 13.1 Å². The van der Waals surface area contributed by atoms with Gasteiger partial charge in [-0.05, 0) is 30.7 Å². The number of hydrazone groups is 1. The van der Waals surface area contributed by atoms with Crippen LogP contribution in [0.1, 0.15) is 27.7 Å². The molecular weight excluding hydrogens is 385 g/mol. The molecule has 0 saturated carbocycles. The summed E-state index contributed by atoms with van der Waals surface area (Å²) in [6, 6.07) is 12.1. The topological polar surface area (TPSA) is 41.5 Å². The first kappa shape index (κ1) is 18.4. The largest absolute Gasteiger partial charge is 0.416 e. The van der Waals surface area contributed by atoms with Gasteiger partial charge in [-0.2, -0.15) is 18.3 Å². The molecule has 0 aliphatic rings. The Kier molecular flexibility index (Phi) is 5.02. The number of carbonyl (C=O) groups is 1. The minimum Gasteiger partial charge on any atom is -0.266 e. The van der Waals surface area contributed by atoms with E-state index in [0.717, 1.165) is 22.2 Å². The number of fused-ring (bicyclic) bond motifs is 1. The number of benzene rings is 2. The van der Waals surface area contributed by atoms with Crippen molar-refractivity contribution in [2.24, 2.45) is 5.10 Å². The fraction of sp³-hybridized carbons (Fsp3) is 0.111. The Hall–Kier alpha value is -2.38. The van der Waals surface area contributed by atoms with Gasteiger partial charge in [0.25, 0.3) is 5.91 Å². The lowest BCUT2D eigenvalue weighted by Crippen LogP contribution is -2.18. The van der Waals surface area contributed by atoms with E-state index in [9.17, 15) is 18.0 Å². The fourth-order valence-electron chi connectivity index (χ4n) is 2.33. The monoisotopic (exact) mass is 396 g/mol. The third-order valence-electron chi connectivity index (χ3n) is 3.67. The van der Waals surface area contributed by atoms with Gasteiger partial charge in [0.15, 0.2) is 0 Å². The molecule has 0 fully saturated rings. The van der Waals surface area contributed by atoms with E-state index in [2.05, 4.69) is 10.5 Å². The number of alkyl halides is 3. The Labute approximate surface area is 156 Å². The number of hydrogen-bond donors (Lipinski definition) is 1. The third kappa shape index (κ3) is 3.73. The van der Waals surface area contributed by atoms with Gasteiger partial charge in [-0.25, -0.2) is 5.43 Å². The van der Waals surface area contributed by atoms with Crippen LogP contribution in [-0.2, 0) is 6.18 Å². The molecule has 0 aliphatic carbocycles. The van der Waals surface area contributed by atoms with Crippen molar-refractivity contribution in [3.05, 3.63) is 69.6 Å². The van der Waals surface area contributed by atoms with E-state index in [-0.39, 0.29) is 11.3 Å². The maximum atomic E-state index is 12.8.